The maximum atomic E-state index is 11.3. The van der Waals surface area contributed by atoms with Crippen molar-refractivity contribution in [3.63, 3.8) is 0 Å². The molecule has 2 N–H and O–H groups in total. The first-order valence-electron chi connectivity index (χ1n) is 7.77. The molecule has 126 valence electrons. The Bertz CT molecular complexity index is 604. The zero-order chi connectivity index (χ0) is 16.5. The van der Waals surface area contributed by atoms with E-state index in [1.54, 1.807) is 6.20 Å². The second kappa shape index (κ2) is 6.29. The highest BCUT2D eigenvalue weighted by Crippen LogP contribution is 2.29. The first kappa shape index (κ1) is 17.4. The Hall–Kier alpha value is -0.920. The van der Waals surface area contributed by atoms with Crippen molar-refractivity contribution in [2.75, 3.05) is 18.8 Å². The lowest BCUT2D eigenvalue weighted by Crippen LogP contribution is -2.40. The van der Waals surface area contributed by atoms with E-state index < -0.39 is 10.0 Å². The third-order valence-electron chi connectivity index (χ3n) is 4.19. The largest absolute Gasteiger partial charge is 0.443 e. The fourth-order valence-corrected chi connectivity index (χ4v) is 3.83. The number of hydrogen-bond donors (Lipinski definition) is 1. The SMILES string of the molecule is C[C@H](c1ncc(C(C)(C)C)o1)N1CCC[C@@H](CS(N)(=O)=O)C1. The van der Waals surface area contributed by atoms with Crippen LogP contribution in [0.5, 0.6) is 0 Å². The van der Waals surface area contributed by atoms with Gasteiger partial charge in [-0.3, -0.25) is 4.90 Å². The number of nitrogens with zero attached hydrogens (tertiary/aromatic N) is 2. The van der Waals surface area contributed by atoms with Crippen LogP contribution >= 0.6 is 0 Å². The quantitative estimate of drug-likeness (QED) is 0.913. The first-order chi connectivity index (χ1) is 10.1. The van der Waals surface area contributed by atoms with E-state index >= 15 is 0 Å². The lowest BCUT2D eigenvalue weighted by atomic mass is 9.94. The van der Waals surface area contributed by atoms with E-state index in [0.717, 1.165) is 25.1 Å². The summed E-state index contributed by atoms with van der Waals surface area (Å²) < 4.78 is 28.5. The average molecular weight is 329 g/mol. The number of oxazole rings is 1. The van der Waals surface area contributed by atoms with Gasteiger partial charge in [-0.1, -0.05) is 20.8 Å². The number of aromatic nitrogens is 1. The molecule has 1 fully saturated rings. The van der Waals surface area contributed by atoms with Crippen LogP contribution in [0.15, 0.2) is 10.6 Å². The van der Waals surface area contributed by atoms with Gasteiger partial charge in [-0.05, 0) is 32.2 Å². The maximum absolute atomic E-state index is 11.3. The number of nitrogens with two attached hydrogens (primary N) is 1. The van der Waals surface area contributed by atoms with Gasteiger partial charge in [0.15, 0.2) is 0 Å². The summed E-state index contributed by atoms with van der Waals surface area (Å²) in [6.45, 7) is 9.96. The minimum atomic E-state index is -3.42. The van der Waals surface area contributed by atoms with Crippen LogP contribution in [0.1, 0.15) is 58.2 Å². The minimum Gasteiger partial charge on any atom is -0.443 e. The Morgan fingerprint density at radius 1 is 1.50 bits per heavy atom. The van der Waals surface area contributed by atoms with Crippen molar-refractivity contribution in [1.29, 1.82) is 0 Å². The summed E-state index contributed by atoms with van der Waals surface area (Å²) in [5, 5.41) is 5.17. The molecule has 1 aromatic heterocycles. The topological polar surface area (TPSA) is 89.4 Å². The monoisotopic (exact) mass is 329 g/mol. The number of rotatable bonds is 4. The van der Waals surface area contributed by atoms with Crippen LogP contribution in [0.25, 0.3) is 0 Å². The van der Waals surface area contributed by atoms with Crippen LogP contribution in [-0.4, -0.2) is 37.1 Å². The molecule has 1 aliphatic rings. The molecule has 0 radical (unpaired) electrons. The zero-order valence-electron chi connectivity index (χ0n) is 13.9. The van der Waals surface area contributed by atoms with E-state index in [9.17, 15) is 8.42 Å². The summed E-state index contributed by atoms with van der Waals surface area (Å²) in [7, 11) is -3.42. The Morgan fingerprint density at radius 2 is 2.18 bits per heavy atom. The molecule has 0 unspecified atom stereocenters. The molecule has 0 aromatic carbocycles. The Labute approximate surface area is 133 Å². The van der Waals surface area contributed by atoms with Gasteiger partial charge in [0.05, 0.1) is 18.0 Å². The van der Waals surface area contributed by atoms with E-state index in [0.29, 0.717) is 12.4 Å². The Balaban J connectivity index is 2.05. The molecule has 1 aromatic rings. The van der Waals surface area contributed by atoms with Crippen LogP contribution in [0.2, 0.25) is 0 Å². The van der Waals surface area contributed by atoms with Gasteiger partial charge in [0.25, 0.3) is 0 Å². The number of hydrogen-bond acceptors (Lipinski definition) is 5. The Morgan fingerprint density at radius 3 is 2.73 bits per heavy atom. The molecule has 0 bridgehead atoms. The summed E-state index contributed by atoms with van der Waals surface area (Å²) in [6, 6.07) is 0.0411. The molecule has 6 nitrogen and oxygen atoms in total. The van der Waals surface area contributed by atoms with Gasteiger partial charge in [0.1, 0.15) is 5.76 Å². The van der Waals surface area contributed by atoms with E-state index in [4.69, 9.17) is 9.56 Å². The van der Waals surface area contributed by atoms with Crippen LogP contribution in [0.4, 0.5) is 0 Å². The average Bonchev–Trinajstić information content (AvgIpc) is 2.85. The van der Waals surface area contributed by atoms with Crippen molar-refractivity contribution in [3.05, 3.63) is 17.8 Å². The molecule has 2 heterocycles. The summed E-state index contributed by atoms with van der Waals surface area (Å²) >= 11 is 0. The second-order valence-corrected chi connectivity index (χ2v) is 8.98. The van der Waals surface area contributed by atoms with Gasteiger partial charge in [0.2, 0.25) is 15.9 Å². The summed E-state index contributed by atoms with van der Waals surface area (Å²) in [4.78, 5) is 6.64. The highest BCUT2D eigenvalue weighted by atomic mass is 32.2. The minimum absolute atomic E-state index is 0.0411. The number of likely N-dealkylation sites (tertiary alicyclic amines) is 1. The number of piperidine rings is 1. The molecule has 0 aliphatic carbocycles. The van der Waals surface area contributed by atoms with Gasteiger partial charge < -0.3 is 4.42 Å². The van der Waals surface area contributed by atoms with Gasteiger partial charge >= 0.3 is 0 Å². The van der Waals surface area contributed by atoms with Crippen LogP contribution < -0.4 is 5.14 Å². The molecule has 1 aliphatic heterocycles. The molecule has 7 heteroatoms. The second-order valence-electron chi connectivity index (χ2n) is 7.32. The molecule has 2 atom stereocenters. The van der Waals surface area contributed by atoms with Gasteiger partial charge in [-0.25, -0.2) is 18.5 Å². The van der Waals surface area contributed by atoms with E-state index in [1.165, 1.54) is 0 Å². The van der Waals surface area contributed by atoms with E-state index in [1.807, 2.05) is 0 Å². The van der Waals surface area contributed by atoms with Gasteiger partial charge in [0, 0.05) is 12.0 Å². The van der Waals surface area contributed by atoms with Gasteiger partial charge in [-0.2, -0.15) is 0 Å². The van der Waals surface area contributed by atoms with E-state index in [2.05, 4.69) is 37.6 Å². The zero-order valence-corrected chi connectivity index (χ0v) is 14.7. The predicted molar refractivity (Wildman–Crippen MR) is 85.9 cm³/mol. The molecule has 1 saturated heterocycles. The molecule has 2 rings (SSSR count). The van der Waals surface area contributed by atoms with Crippen LogP contribution in [0, 0.1) is 5.92 Å². The lowest BCUT2D eigenvalue weighted by Gasteiger charge is -2.35. The fraction of sp³-hybridized carbons (Fsp3) is 0.800. The molecular formula is C15H27N3O3S. The van der Waals surface area contributed by atoms with Crippen LogP contribution in [0.3, 0.4) is 0 Å². The van der Waals surface area contributed by atoms with Crippen molar-refractivity contribution in [2.45, 2.75) is 52.0 Å². The summed E-state index contributed by atoms with van der Waals surface area (Å²) in [5.41, 5.74) is -0.0664. The third-order valence-corrected chi connectivity index (χ3v) is 5.12. The smallest absolute Gasteiger partial charge is 0.211 e. The molecular weight excluding hydrogens is 302 g/mol. The van der Waals surface area contributed by atoms with Crippen molar-refractivity contribution in [1.82, 2.24) is 9.88 Å². The van der Waals surface area contributed by atoms with Crippen LogP contribution in [-0.2, 0) is 15.4 Å². The molecule has 0 spiro atoms. The molecule has 22 heavy (non-hydrogen) atoms. The Kier molecular flexibility index (Phi) is 4.99. The van der Waals surface area contributed by atoms with Gasteiger partial charge in [-0.15, -0.1) is 0 Å². The normalized spacial score (nSPS) is 22.7. The standard InChI is InChI=1S/C15H27N3O3S/c1-11(14-17-8-13(21-14)15(2,3)4)18-7-5-6-12(9-18)10-22(16,19)20/h8,11-12H,5-7,9-10H2,1-4H3,(H2,16,19,20)/t11-,12-/m1/s1. The molecule has 0 saturated carbocycles. The van der Waals surface area contributed by atoms with Crippen molar-refractivity contribution in [2.24, 2.45) is 11.1 Å². The van der Waals surface area contributed by atoms with E-state index in [-0.39, 0.29) is 23.1 Å². The lowest BCUT2D eigenvalue weighted by molar-refractivity contribution is 0.121. The first-order valence-corrected chi connectivity index (χ1v) is 9.48. The predicted octanol–water partition coefficient (Wildman–Crippen LogP) is 2.03. The summed E-state index contributed by atoms with van der Waals surface area (Å²) in [6.07, 6.45) is 3.66. The fourth-order valence-electron chi connectivity index (χ4n) is 2.90. The van der Waals surface area contributed by atoms with Crippen molar-refractivity contribution < 1.29 is 12.8 Å². The maximum Gasteiger partial charge on any atom is 0.211 e. The third kappa shape index (κ3) is 4.54. The number of primary sulfonamides is 1. The molecule has 0 amide bonds. The number of sulfonamides is 1. The van der Waals surface area contributed by atoms with Crippen molar-refractivity contribution in [3.8, 4) is 0 Å². The summed E-state index contributed by atoms with van der Waals surface area (Å²) in [5.74, 6) is 1.70. The van der Waals surface area contributed by atoms with Crippen molar-refractivity contribution >= 4 is 10.0 Å². The highest BCUT2D eigenvalue weighted by molar-refractivity contribution is 7.89. The highest BCUT2D eigenvalue weighted by Gasteiger charge is 2.29.